The first-order valence-corrected chi connectivity index (χ1v) is 6.14. The van der Waals surface area contributed by atoms with Gasteiger partial charge in [-0.2, -0.15) is 0 Å². The molecule has 2 rings (SSSR count). The van der Waals surface area contributed by atoms with Gasteiger partial charge in [-0.1, -0.05) is 19.3 Å². The van der Waals surface area contributed by atoms with Crippen molar-refractivity contribution in [2.24, 2.45) is 16.6 Å². The summed E-state index contributed by atoms with van der Waals surface area (Å²) in [6.07, 6.45) is 7.99. The second-order valence-corrected chi connectivity index (χ2v) is 4.58. The Morgan fingerprint density at radius 2 is 2.19 bits per heavy atom. The fourth-order valence-electron chi connectivity index (χ4n) is 2.32. The lowest BCUT2D eigenvalue weighted by atomic mass is 9.88. The Labute approximate surface area is 96.7 Å². The molecule has 0 aromatic carbocycles. The minimum atomic E-state index is 0.0388. The fraction of sp³-hybridized carbons (Fsp3) is 0.615. The van der Waals surface area contributed by atoms with Gasteiger partial charge in [0.15, 0.2) is 0 Å². The summed E-state index contributed by atoms with van der Waals surface area (Å²) in [5.74, 6) is 2.19. The highest BCUT2D eigenvalue weighted by molar-refractivity contribution is 5.83. The van der Waals surface area contributed by atoms with Gasteiger partial charge in [-0.25, -0.2) is 0 Å². The number of hydrogen-bond donors (Lipinski definition) is 1. The van der Waals surface area contributed by atoms with Gasteiger partial charge in [0.05, 0.1) is 12.1 Å². The highest BCUT2D eigenvalue weighted by atomic mass is 16.3. The number of hydrogen-bond acceptors (Lipinski definition) is 2. The van der Waals surface area contributed by atoms with Crippen molar-refractivity contribution in [2.75, 3.05) is 0 Å². The van der Waals surface area contributed by atoms with E-state index in [1.807, 2.05) is 19.1 Å². The zero-order valence-electron chi connectivity index (χ0n) is 9.86. The number of nitrogens with two attached hydrogens (primary N) is 1. The van der Waals surface area contributed by atoms with Crippen LogP contribution in [-0.4, -0.2) is 5.84 Å². The second kappa shape index (κ2) is 5.19. The van der Waals surface area contributed by atoms with Crippen molar-refractivity contribution in [2.45, 2.75) is 45.1 Å². The van der Waals surface area contributed by atoms with Gasteiger partial charge in [0, 0.05) is 5.92 Å². The van der Waals surface area contributed by atoms with Crippen molar-refractivity contribution in [3.8, 4) is 0 Å². The van der Waals surface area contributed by atoms with Gasteiger partial charge in [-0.3, -0.25) is 4.99 Å². The summed E-state index contributed by atoms with van der Waals surface area (Å²) in [7, 11) is 0. The molecule has 1 fully saturated rings. The van der Waals surface area contributed by atoms with Crippen LogP contribution in [0.5, 0.6) is 0 Å². The molecule has 0 radical (unpaired) electrons. The summed E-state index contributed by atoms with van der Waals surface area (Å²) in [5.41, 5.74) is 6.06. The molecule has 3 nitrogen and oxygen atoms in total. The predicted octanol–water partition coefficient (Wildman–Crippen LogP) is 3.28. The highest BCUT2D eigenvalue weighted by Gasteiger charge is 2.18. The average Bonchev–Trinajstić information content (AvgIpc) is 2.83. The monoisotopic (exact) mass is 220 g/mol. The maximum absolute atomic E-state index is 6.06. The minimum Gasteiger partial charge on any atom is -0.467 e. The van der Waals surface area contributed by atoms with Crippen LogP contribution < -0.4 is 5.73 Å². The molecule has 0 amide bonds. The molecule has 88 valence electrons. The van der Waals surface area contributed by atoms with E-state index in [0.29, 0.717) is 5.92 Å². The Hall–Kier alpha value is -1.25. The van der Waals surface area contributed by atoms with Crippen LogP contribution in [0.25, 0.3) is 0 Å². The Morgan fingerprint density at radius 3 is 2.81 bits per heavy atom. The van der Waals surface area contributed by atoms with Gasteiger partial charge in [0.2, 0.25) is 0 Å². The van der Waals surface area contributed by atoms with Crippen LogP contribution in [0.15, 0.2) is 27.8 Å². The van der Waals surface area contributed by atoms with Crippen molar-refractivity contribution in [1.82, 2.24) is 0 Å². The summed E-state index contributed by atoms with van der Waals surface area (Å²) < 4.78 is 5.32. The third-order valence-corrected chi connectivity index (χ3v) is 3.32. The topological polar surface area (TPSA) is 51.5 Å². The molecule has 1 saturated carbocycles. The molecule has 0 spiro atoms. The maximum Gasteiger partial charge on any atom is 0.128 e. The third-order valence-electron chi connectivity index (χ3n) is 3.32. The van der Waals surface area contributed by atoms with E-state index < -0.39 is 0 Å². The molecule has 0 saturated heterocycles. The first kappa shape index (κ1) is 11.2. The second-order valence-electron chi connectivity index (χ2n) is 4.58. The molecule has 1 aliphatic carbocycles. The third kappa shape index (κ3) is 2.65. The van der Waals surface area contributed by atoms with E-state index in [1.165, 1.54) is 32.1 Å². The molecule has 2 N–H and O–H groups in total. The molecule has 1 aromatic rings. The Kier molecular flexibility index (Phi) is 3.65. The van der Waals surface area contributed by atoms with E-state index in [1.54, 1.807) is 6.26 Å². The van der Waals surface area contributed by atoms with Crippen molar-refractivity contribution in [1.29, 1.82) is 0 Å². The van der Waals surface area contributed by atoms with Gasteiger partial charge in [0.1, 0.15) is 11.8 Å². The van der Waals surface area contributed by atoms with Crippen LogP contribution in [0.4, 0.5) is 0 Å². The summed E-state index contributed by atoms with van der Waals surface area (Å²) in [6.45, 7) is 2.02. The zero-order valence-corrected chi connectivity index (χ0v) is 9.86. The van der Waals surface area contributed by atoms with Gasteiger partial charge in [-0.05, 0) is 31.9 Å². The van der Waals surface area contributed by atoms with Crippen LogP contribution in [0.1, 0.15) is 50.8 Å². The molecule has 1 aliphatic rings. The Morgan fingerprint density at radius 1 is 1.44 bits per heavy atom. The summed E-state index contributed by atoms with van der Waals surface area (Å²) in [6, 6.07) is 3.87. The molecule has 1 aromatic heterocycles. The van der Waals surface area contributed by atoms with E-state index in [2.05, 4.69) is 4.99 Å². The molecular formula is C13H20N2O. The lowest BCUT2D eigenvalue weighted by Crippen LogP contribution is -2.26. The lowest BCUT2D eigenvalue weighted by molar-refractivity contribution is 0.432. The maximum atomic E-state index is 6.06. The van der Waals surface area contributed by atoms with E-state index in [0.717, 1.165) is 11.6 Å². The van der Waals surface area contributed by atoms with Crippen LogP contribution in [0, 0.1) is 5.92 Å². The van der Waals surface area contributed by atoms with Gasteiger partial charge >= 0.3 is 0 Å². The Balaban J connectivity index is 1.99. The molecule has 16 heavy (non-hydrogen) atoms. The average molecular weight is 220 g/mol. The molecule has 1 heterocycles. The molecular weight excluding hydrogens is 200 g/mol. The normalized spacial score (nSPS) is 20.9. The molecule has 1 unspecified atom stereocenters. The summed E-state index contributed by atoms with van der Waals surface area (Å²) >= 11 is 0. The van der Waals surface area contributed by atoms with E-state index in [-0.39, 0.29) is 6.04 Å². The van der Waals surface area contributed by atoms with Crippen molar-refractivity contribution in [3.63, 3.8) is 0 Å². The van der Waals surface area contributed by atoms with E-state index in [9.17, 15) is 0 Å². The molecule has 0 aliphatic heterocycles. The first-order valence-electron chi connectivity index (χ1n) is 6.14. The van der Waals surface area contributed by atoms with Crippen LogP contribution in [0.2, 0.25) is 0 Å². The number of amidine groups is 1. The first-order chi connectivity index (χ1) is 7.77. The van der Waals surface area contributed by atoms with E-state index >= 15 is 0 Å². The largest absolute Gasteiger partial charge is 0.467 e. The predicted molar refractivity (Wildman–Crippen MR) is 65.3 cm³/mol. The van der Waals surface area contributed by atoms with Crippen LogP contribution in [0.3, 0.4) is 0 Å². The number of nitrogens with zero attached hydrogens (tertiary/aromatic N) is 1. The Bertz CT molecular complexity index is 337. The van der Waals surface area contributed by atoms with Crippen molar-refractivity contribution in [3.05, 3.63) is 24.2 Å². The summed E-state index contributed by atoms with van der Waals surface area (Å²) in [5, 5.41) is 0. The summed E-state index contributed by atoms with van der Waals surface area (Å²) in [4.78, 5) is 4.54. The van der Waals surface area contributed by atoms with Crippen LogP contribution >= 0.6 is 0 Å². The fourth-order valence-corrected chi connectivity index (χ4v) is 2.32. The molecule has 3 heteroatoms. The highest BCUT2D eigenvalue weighted by Crippen LogP contribution is 2.25. The van der Waals surface area contributed by atoms with Gasteiger partial charge in [-0.15, -0.1) is 0 Å². The van der Waals surface area contributed by atoms with Crippen molar-refractivity contribution >= 4 is 5.84 Å². The number of rotatable bonds is 3. The van der Waals surface area contributed by atoms with Gasteiger partial charge < -0.3 is 10.2 Å². The number of aliphatic imine (C=N–C) groups is 1. The standard InChI is InChI=1S/C13H20N2O/c1-10(12-8-5-9-16-12)15-13(14)11-6-3-2-4-7-11/h5,8-11H,2-4,6-7H2,1H3,(H2,14,15). The van der Waals surface area contributed by atoms with Crippen molar-refractivity contribution < 1.29 is 4.42 Å². The van der Waals surface area contributed by atoms with Gasteiger partial charge in [0.25, 0.3) is 0 Å². The molecule has 0 bridgehead atoms. The van der Waals surface area contributed by atoms with E-state index in [4.69, 9.17) is 10.2 Å². The quantitative estimate of drug-likeness (QED) is 0.627. The lowest BCUT2D eigenvalue weighted by Gasteiger charge is -2.21. The smallest absolute Gasteiger partial charge is 0.128 e. The molecule has 1 atom stereocenters. The van der Waals surface area contributed by atoms with Crippen LogP contribution in [-0.2, 0) is 0 Å². The zero-order chi connectivity index (χ0) is 11.4. The number of furan rings is 1. The minimum absolute atomic E-state index is 0.0388. The SMILES string of the molecule is CC(N=C(N)C1CCCCC1)c1ccco1.